The summed E-state index contributed by atoms with van der Waals surface area (Å²) in [4.78, 5) is 11.1. The molecule has 0 aliphatic heterocycles. The van der Waals surface area contributed by atoms with Gasteiger partial charge in [-0.15, -0.1) is 0 Å². The van der Waals surface area contributed by atoms with Crippen LogP contribution in [-0.2, 0) is 11.2 Å². The third-order valence-electron chi connectivity index (χ3n) is 2.78. The number of carbonyl (C=O) groups is 1. The van der Waals surface area contributed by atoms with E-state index in [0.29, 0.717) is 6.04 Å². The summed E-state index contributed by atoms with van der Waals surface area (Å²) in [5, 5.41) is 6.40. The Morgan fingerprint density at radius 3 is 2.78 bits per heavy atom. The van der Waals surface area contributed by atoms with Gasteiger partial charge in [0.05, 0.1) is 6.26 Å². The Kier molecular flexibility index (Phi) is 5.41. The predicted molar refractivity (Wildman–Crippen MR) is 72.4 cm³/mol. The van der Waals surface area contributed by atoms with Crippen molar-refractivity contribution < 1.29 is 9.21 Å². The Labute approximate surface area is 109 Å². The Morgan fingerprint density at radius 1 is 1.50 bits per heavy atom. The average molecular weight is 252 g/mol. The highest BCUT2D eigenvalue weighted by Gasteiger charge is 2.21. The van der Waals surface area contributed by atoms with Crippen LogP contribution in [0.25, 0.3) is 0 Å². The van der Waals surface area contributed by atoms with E-state index in [1.54, 1.807) is 13.2 Å². The van der Waals surface area contributed by atoms with Gasteiger partial charge in [0.15, 0.2) is 0 Å². The molecule has 1 rings (SSSR count). The summed E-state index contributed by atoms with van der Waals surface area (Å²) in [6, 6.07) is 4.23. The summed E-state index contributed by atoms with van der Waals surface area (Å²) in [5.41, 5.74) is -0.178. The zero-order valence-electron chi connectivity index (χ0n) is 11.7. The lowest BCUT2D eigenvalue weighted by molar-refractivity contribution is -0.120. The van der Waals surface area contributed by atoms with Gasteiger partial charge in [0.25, 0.3) is 0 Å². The van der Waals surface area contributed by atoms with Crippen molar-refractivity contribution in [1.82, 2.24) is 10.6 Å². The standard InChI is InChI=1S/C14H24N2O2/c1-11(10-14(3,4)16-12(2)17)15-8-7-13-6-5-9-18-13/h5-6,9,11,15H,7-8,10H2,1-4H3,(H,16,17). The highest BCUT2D eigenvalue weighted by molar-refractivity contribution is 5.73. The van der Waals surface area contributed by atoms with Gasteiger partial charge >= 0.3 is 0 Å². The molecule has 1 aromatic heterocycles. The topological polar surface area (TPSA) is 54.3 Å². The normalized spacial score (nSPS) is 13.3. The molecule has 1 amide bonds. The van der Waals surface area contributed by atoms with Crippen LogP contribution in [0.1, 0.15) is 39.9 Å². The molecule has 0 saturated heterocycles. The van der Waals surface area contributed by atoms with Crippen molar-refractivity contribution in [1.29, 1.82) is 0 Å². The first kappa shape index (κ1) is 14.8. The molecule has 1 aromatic rings. The van der Waals surface area contributed by atoms with Crippen LogP contribution < -0.4 is 10.6 Å². The van der Waals surface area contributed by atoms with Crippen LogP contribution in [-0.4, -0.2) is 24.0 Å². The highest BCUT2D eigenvalue weighted by atomic mass is 16.3. The van der Waals surface area contributed by atoms with Crippen molar-refractivity contribution in [3.05, 3.63) is 24.2 Å². The van der Waals surface area contributed by atoms with Gasteiger partial charge < -0.3 is 15.1 Å². The van der Waals surface area contributed by atoms with E-state index >= 15 is 0 Å². The van der Waals surface area contributed by atoms with Gasteiger partial charge in [-0.3, -0.25) is 4.79 Å². The molecular weight excluding hydrogens is 228 g/mol. The molecule has 4 nitrogen and oxygen atoms in total. The van der Waals surface area contributed by atoms with Gasteiger partial charge in [-0.2, -0.15) is 0 Å². The van der Waals surface area contributed by atoms with Gasteiger partial charge in [-0.25, -0.2) is 0 Å². The number of carbonyl (C=O) groups excluding carboxylic acids is 1. The molecule has 18 heavy (non-hydrogen) atoms. The first-order valence-corrected chi connectivity index (χ1v) is 6.43. The number of rotatable bonds is 7. The lowest BCUT2D eigenvalue weighted by Crippen LogP contribution is -2.47. The van der Waals surface area contributed by atoms with Gasteiger partial charge in [0, 0.05) is 31.5 Å². The van der Waals surface area contributed by atoms with Crippen molar-refractivity contribution >= 4 is 5.91 Å². The van der Waals surface area contributed by atoms with E-state index in [-0.39, 0.29) is 11.4 Å². The van der Waals surface area contributed by atoms with E-state index in [4.69, 9.17) is 4.42 Å². The van der Waals surface area contributed by atoms with Gasteiger partial charge in [0.1, 0.15) is 5.76 Å². The second-order valence-corrected chi connectivity index (χ2v) is 5.45. The van der Waals surface area contributed by atoms with Gasteiger partial charge in [-0.1, -0.05) is 0 Å². The molecule has 1 unspecified atom stereocenters. The summed E-state index contributed by atoms with van der Waals surface area (Å²) < 4.78 is 5.27. The fourth-order valence-electron chi connectivity index (χ4n) is 2.26. The van der Waals surface area contributed by atoms with E-state index < -0.39 is 0 Å². The molecule has 1 atom stereocenters. The zero-order chi connectivity index (χ0) is 13.6. The largest absolute Gasteiger partial charge is 0.469 e. The maximum atomic E-state index is 11.1. The van der Waals surface area contributed by atoms with E-state index in [0.717, 1.165) is 25.1 Å². The Morgan fingerprint density at radius 2 is 2.22 bits per heavy atom. The van der Waals surface area contributed by atoms with Crippen LogP contribution in [0.3, 0.4) is 0 Å². The molecule has 0 spiro atoms. The van der Waals surface area contributed by atoms with Crippen LogP contribution in [0.15, 0.2) is 22.8 Å². The summed E-state index contributed by atoms with van der Waals surface area (Å²) in [5.74, 6) is 1.01. The number of hydrogen-bond acceptors (Lipinski definition) is 3. The molecule has 0 bridgehead atoms. The van der Waals surface area contributed by atoms with Crippen molar-refractivity contribution in [2.75, 3.05) is 6.54 Å². The molecule has 102 valence electrons. The van der Waals surface area contributed by atoms with Crippen molar-refractivity contribution in [2.24, 2.45) is 0 Å². The average Bonchev–Trinajstić information content (AvgIpc) is 2.66. The summed E-state index contributed by atoms with van der Waals surface area (Å²) in [6.07, 6.45) is 3.47. The van der Waals surface area contributed by atoms with Crippen molar-refractivity contribution in [3.8, 4) is 0 Å². The Balaban J connectivity index is 2.24. The second kappa shape index (κ2) is 6.59. The van der Waals surface area contributed by atoms with Crippen LogP contribution in [0.2, 0.25) is 0 Å². The molecule has 0 fully saturated rings. The second-order valence-electron chi connectivity index (χ2n) is 5.45. The SMILES string of the molecule is CC(=O)NC(C)(C)CC(C)NCCc1ccco1. The predicted octanol–water partition coefficient (Wildman–Crippen LogP) is 2.10. The molecular formula is C14H24N2O2. The van der Waals surface area contributed by atoms with Crippen molar-refractivity contribution in [3.63, 3.8) is 0 Å². The summed E-state index contributed by atoms with van der Waals surface area (Å²) in [6.45, 7) is 8.64. The molecule has 0 saturated carbocycles. The maximum Gasteiger partial charge on any atom is 0.217 e. The molecule has 2 N–H and O–H groups in total. The van der Waals surface area contributed by atoms with Crippen LogP contribution in [0.5, 0.6) is 0 Å². The van der Waals surface area contributed by atoms with Crippen LogP contribution in [0.4, 0.5) is 0 Å². The quantitative estimate of drug-likeness (QED) is 0.781. The number of nitrogens with one attached hydrogen (secondary N) is 2. The fourth-order valence-corrected chi connectivity index (χ4v) is 2.26. The van der Waals surface area contributed by atoms with E-state index in [9.17, 15) is 4.79 Å². The van der Waals surface area contributed by atoms with Crippen molar-refractivity contribution in [2.45, 2.75) is 52.1 Å². The van der Waals surface area contributed by atoms with E-state index in [1.807, 2.05) is 26.0 Å². The first-order chi connectivity index (χ1) is 8.39. The van der Waals surface area contributed by atoms with Gasteiger partial charge in [-0.05, 0) is 39.3 Å². The third-order valence-corrected chi connectivity index (χ3v) is 2.78. The Bertz CT molecular complexity index is 358. The highest BCUT2D eigenvalue weighted by Crippen LogP contribution is 2.11. The molecule has 1 heterocycles. The smallest absolute Gasteiger partial charge is 0.217 e. The molecule has 0 aliphatic carbocycles. The summed E-state index contributed by atoms with van der Waals surface area (Å²) >= 11 is 0. The minimum absolute atomic E-state index is 0.0165. The number of furan rings is 1. The van der Waals surface area contributed by atoms with E-state index in [2.05, 4.69) is 17.6 Å². The summed E-state index contributed by atoms with van der Waals surface area (Å²) in [7, 11) is 0. The molecule has 0 aliphatic rings. The minimum Gasteiger partial charge on any atom is -0.469 e. The first-order valence-electron chi connectivity index (χ1n) is 6.43. The lowest BCUT2D eigenvalue weighted by atomic mass is 9.96. The zero-order valence-corrected chi connectivity index (χ0v) is 11.7. The Hall–Kier alpha value is -1.29. The molecule has 0 radical (unpaired) electrons. The number of amides is 1. The third kappa shape index (κ3) is 5.87. The molecule has 0 aromatic carbocycles. The minimum atomic E-state index is -0.178. The maximum absolute atomic E-state index is 11.1. The monoisotopic (exact) mass is 252 g/mol. The van der Waals surface area contributed by atoms with Crippen LogP contribution in [0, 0.1) is 0 Å². The lowest BCUT2D eigenvalue weighted by Gasteiger charge is -2.29. The van der Waals surface area contributed by atoms with Gasteiger partial charge in [0.2, 0.25) is 5.91 Å². The van der Waals surface area contributed by atoms with Crippen LogP contribution >= 0.6 is 0 Å². The molecule has 4 heteroatoms. The fraction of sp³-hybridized carbons (Fsp3) is 0.643. The van der Waals surface area contributed by atoms with E-state index in [1.165, 1.54) is 0 Å². The number of hydrogen-bond donors (Lipinski definition) is 2.